The lowest BCUT2D eigenvalue weighted by atomic mass is 9.98. The highest BCUT2D eigenvalue weighted by Crippen LogP contribution is 2.36. The molecule has 0 bridgehead atoms. The molecule has 0 fully saturated rings. The van der Waals surface area contributed by atoms with Gasteiger partial charge in [0.1, 0.15) is 6.04 Å². The highest BCUT2D eigenvalue weighted by atomic mass is 32.1. The largest absolute Gasteiger partial charge is 0.336 e. The first-order chi connectivity index (χ1) is 9.68. The van der Waals surface area contributed by atoms with Crippen molar-refractivity contribution in [3.8, 4) is 0 Å². The summed E-state index contributed by atoms with van der Waals surface area (Å²) in [5, 5.41) is -0.246. The van der Waals surface area contributed by atoms with Crippen LogP contribution >= 0.6 is 12.6 Å². The van der Waals surface area contributed by atoms with E-state index >= 15 is 0 Å². The number of rotatable bonds is 3. The Bertz CT molecular complexity index is 658. The van der Waals surface area contributed by atoms with Gasteiger partial charge in [-0.3, -0.25) is 9.59 Å². The molecule has 0 saturated heterocycles. The first-order valence-electron chi connectivity index (χ1n) is 6.36. The fourth-order valence-electron chi connectivity index (χ4n) is 2.62. The molecule has 4 heteroatoms. The lowest BCUT2D eigenvalue weighted by molar-refractivity contribution is -0.115. The molecule has 0 radical (unpaired) electrons. The molecule has 1 atom stereocenters. The summed E-state index contributed by atoms with van der Waals surface area (Å²) >= 11 is 3.86. The first kappa shape index (κ1) is 12.9. The first-order valence-corrected chi connectivity index (χ1v) is 6.81. The van der Waals surface area contributed by atoms with Gasteiger partial charge in [-0.1, -0.05) is 42.5 Å². The molecule has 0 aromatic heterocycles. The molecule has 2 heterocycles. The van der Waals surface area contributed by atoms with Crippen LogP contribution in [0.5, 0.6) is 0 Å². The Morgan fingerprint density at radius 3 is 2.65 bits per heavy atom. The Hall–Kier alpha value is -2.07. The van der Waals surface area contributed by atoms with Gasteiger partial charge in [-0.2, -0.15) is 0 Å². The zero-order valence-corrected chi connectivity index (χ0v) is 11.6. The van der Waals surface area contributed by atoms with E-state index in [0.29, 0.717) is 5.57 Å². The van der Waals surface area contributed by atoms with E-state index in [1.54, 1.807) is 0 Å². The minimum atomic E-state index is -0.335. The van der Waals surface area contributed by atoms with Gasteiger partial charge in [-0.05, 0) is 11.6 Å². The summed E-state index contributed by atoms with van der Waals surface area (Å²) in [5.74, 6) is 0.0291. The summed E-state index contributed by atoms with van der Waals surface area (Å²) in [7, 11) is 0. The van der Waals surface area contributed by atoms with Crippen molar-refractivity contribution >= 4 is 29.1 Å². The predicted octanol–water partition coefficient (Wildman–Crippen LogP) is 2.58. The van der Waals surface area contributed by atoms with Crippen LogP contribution in [0.1, 0.15) is 12.0 Å². The van der Waals surface area contributed by atoms with E-state index in [4.69, 9.17) is 0 Å². The van der Waals surface area contributed by atoms with Gasteiger partial charge in [0.2, 0.25) is 0 Å². The van der Waals surface area contributed by atoms with Crippen molar-refractivity contribution in [2.24, 2.45) is 0 Å². The predicted molar refractivity (Wildman–Crippen MR) is 80.9 cm³/mol. The summed E-state index contributed by atoms with van der Waals surface area (Å²) < 4.78 is 0. The number of benzene rings is 1. The topological polar surface area (TPSA) is 37.4 Å². The minimum Gasteiger partial charge on any atom is -0.336 e. The number of hydrogen-bond acceptors (Lipinski definition) is 3. The standard InChI is InChI=1S/C16H13NO2S/c18-14(20)10-13-15(11-6-2-1-3-7-11)16(19)12-8-4-5-9-17(12)13/h1-9,12H,10H2,(H,18,20). The van der Waals surface area contributed by atoms with Crippen LogP contribution in [-0.4, -0.2) is 21.8 Å². The van der Waals surface area contributed by atoms with Gasteiger partial charge in [0.05, 0.1) is 6.42 Å². The van der Waals surface area contributed by atoms with Crippen LogP contribution in [-0.2, 0) is 9.59 Å². The summed E-state index contributed by atoms with van der Waals surface area (Å²) in [6, 6.07) is 9.12. The van der Waals surface area contributed by atoms with Crippen molar-refractivity contribution in [1.29, 1.82) is 0 Å². The van der Waals surface area contributed by atoms with Crippen LogP contribution in [0, 0.1) is 0 Å². The molecule has 1 unspecified atom stereocenters. The molecule has 2 aliphatic rings. The lowest BCUT2D eigenvalue weighted by Crippen LogP contribution is -2.30. The SMILES string of the molecule is O=C(S)CC1=C(c2ccccc2)C(=O)C2C=CC=CN12. The molecule has 0 aliphatic carbocycles. The van der Waals surface area contributed by atoms with E-state index in [0.717, 1.165) is 11.3 Å². The molecule has 0 N–H and O–H groups in total. The number of allylic oxidation sites excluding steroid dienone is 3. The van der Waals surface area contributed by atoms with Crippen LogP contribution in [0.2, 0.25) is 0 Å². The Kier molecular flexibility index (Phi) is 3.32. The maximum Gasteiger partial charge on any atom is 0.191 e. The number of carbonyl (C=O) groups is 2. The van der Waals surface area contributed by atoms with Crippen molar-refractivity contribution in [2.45, 2.75) is 12.5 Å². The van der Waals surface area contributed by atoms with E-state index in [9.17, 15) is 9.59 Å². The van der Waals surface area contributed by atoms with Gasteiger partial charge in [0.25, 0.3) is 0 Å². The fourth-order valence-corrected chi connectivity index (χ4v) is 2.77. The zero-order valence-electron chi connectivity index (χ0n) is 10.7. The molecule has 3 rings (SSSR count). The molecule has 1 aromatic carbocycles. The quantitative estimate of drug-likeness (QED) is 0.866. The van der Waals surface area contributed by atoms with Gasteiger partial charge >= 0.3 is 0 Å². The maximum absolute atomic E-state index is 12.6. The lowest BCUT2D eigenvalue weighted by Gasteiger charge is -2.24. The molecule has 0 amide bonds. The van der Waals surface area contributed by atoms with Gasteiger partial charge < -0.3 is 4.90 Å². The van der Waals surface area contributed by atoms with Crippen LogP contribution in [0.4, 0.5) is 0 Å². The summed E-state index contributed by atoms with van der Waals surface area (Å²) in [6.45, 7) is 0. The fraction of sp³-hybridized carbons (Fsp3) is 0.125. The molecule has 3 nitrogen and oxygen atoms in total. The molecular weight excluding hydrogens is 270 g/mol. The van der Waals surface area contributed by atoms with E-state index in [1.807, 2.05) is 59.7 Å². The molecule has 2 aliphatic heterocycles. The second kappa shape index (κ2) is 5.13. The van der Waals surface area contributed by atoms with E-state index < -0.39 is 0 Å². The van der Waals surface area contributed by atoms with E-state index in [1.165, 1.54) is 0 Å². The highest BCUT2D eigenvalue weighted by Gasteiger charge is 2.38. The Labute approximate surface area is 122 Å². The van der Waals surface area contributed by atoms with Crippen LogP contribution in [0.15, 0.2) is 60.5 Å². The zero-order chi connectivity index (χ0) is 14.1. The van der Waals surface area contributed by atoms with Crippen molar-refractivity contribution in [3.63, 3.8) is 0 Å². The van der Waals surface area contributed by atoms with Crippen LogP contribution < -0.4 is 0 Å². The van der Waals surface area contributed by atoms with Crippen molar-refractivity contribution in [3.05, 3.63) is 66.0 Å². The smallest absolute Gasteiger partial charge is 0.191 e. The second-order valence-electron chi connectivity index (χ2n) is 4.70. The average molecular weight is 283 g/mol. The van der Waals surface area contributed by atoms with Gasteiger partial charge in [0.15, 0.2) is 10.9 Å². The van der Waals surface area contributed by atoms with Gasteiger partial charge in [-0.15, -0.1) is 12.6 Å². The Morgan fingerprint density at radius 1 is 1.20 bits per heavy atom. The van der Waals surface area contributed by atoms with Crippen molar-refractivity contribution in [2.75, 3.05) is 0 Å². The second-order valence-corrected chi connectivity index (χ2v) is 5.20. The Balaban J connectivity index is 2.13. The van der Waals surface area contributed by atoms with Crippen molar-refractivity contribution in [1.82, 2.24) is 4.90 Å². The summed E-state index contributed by atoms with van der Waals surface area (Å²) in [5.41, 5.74) is 2.19. The Morgan fingerprint density at radius 2 is 1.95 bits per heavy atom. The summed E-state index contributed by atoms with van der Waals surface area (Å²) in [6.07, 6.45) is 7.55. The molecule has 0 saturated carbocycles. The molecular formula is C16H13NO2S. The van der Waals surface area contributed by atoms with Crippen molar-refractivity contribution < 1.29 is 9.59 Å². The number of ketones is 1. The third-order valence-corrected chi connectivity index (χ3v) is 3.61. The average Bonchev–Trinajstić information content (AvgIpc) is 2.73. The highest BCUT2D eigenvalue weighted by molar-refractivity contribution is 7.96. The number of nitrogens with zero attached hydrogens (tertiary/aromatic N) is 1. The van der Waals surface area contributed by atoms with Gasteiger partial charge in [0, 0.05) is 17.5 Å². The van der Waals surface area contributed by atoms with E-state index in [-0.39, 0.29) is 23.4 Å². The van der Waals surface area contributed by atoms with E-state index in [2.05, 4.69) is 12.6 Å². The third kappa shape index (κ3) is 2.12. The monoisotopic (exact) mass is 283 g/mol. The van der Waals surface area contributed by atoms with Crippen LogP contribution in [0.25, 0.3) is 5.57 Å². The number of fused-ring (bicyclic) bond motifs is 1. The molecule has 100 valence electrons. The normalized spacial score (nSPS) is 20.6. The maximum atomic E-state index is 12.6. The summed E-state index contributed by atoms with van der Waals surface area (Å²) in [4.78, 5) is 25.9. The molecule has 20 heavy (non-hydrogen) atoms. The molecule has 0 spiro atoms. The number of carbonyl (C=O) groups excluding carboxylic acids is 2. The van der Waals surface area contributed by atoms with Gasteiger partial charge in [-0.25, -0.2) is 0 Å². The number of Topliss-reactive ketones (excluding diaryl/α,β-unsaturated/α-hetero) is 1. The minimum absolute atomic E-state index is 0.0291. The molecule has 1 aromatic rings. The van der Waals surface area contributed by atoms with Crippen LogP contribution in [0.3, 0.4) is 0 Å². The number of hydrogen-bond donors (Lipinski definition) is 1. The third-order valence-electron chi connectivity index (χ3n) is 3.45. The number of thiol groups is 1.